The fourth-order valence-corrected chi connectivity index (χ4v) is 3.23. The molecule has 8 nitrogen and oxygen atoms in total. The van der Waals surface area contributed by atoms with Crippen molar-refractivity contribution in [2.24, 2.45) is 10.7 Å². The Labute approximate surface area is 183 Å². The first-order chi connectivity index (χ1) is 14.6. The van der Waals surface area contributed by atoms with Gasteiger partial charge in [0.05, 0.1) is 7.11 Å². The van der Waals surface area contributed by atoms with Crippen molar-refractivity contribution in [1.29, 1.82) is 0 Å². The Balaban J connectivity index is 1.89. The Morgan fingerprint density at radius 1 is 1.35 bits per heavy atom. The third kappa shape index (κ3) is 4.74. The van der Waals surface area contributed by atoms with Crippen LogP contribution in [0.3, 0.4) is 0 Å². The average Bonchev–Trinajstić information content (AvgIpc) is 2.80. The van der Waals surface area contributed by atoms with Crippen LogP contribution in [0.5, 0.6) is 11.6 Å². The second-order valence-corrected chi connectivity index (χ2v) is 7.66. The fourth-order valence-electron chi connectivity index (χ4n) is 2.92. The van der Waals surface area contributed by atoms with E-state index in [4.69, 9.17) is 19.9 Å². The maximum absolute atomic E-state index is 14.8. The number of anilines is 1. The highest BCUT2D eigenvalue weighted by atomic mass is 79.9. The van der Waals surface area contributed by atoms with E-state index in [9.17, 15) is 18.0 Å². The zero-order chi connectivity index (χ0) is 22.8. The number of amides is 1. The topological polar surface area (TPSA) is 108 Å². The van der Waals surface area contributed by atoms with Crippen molar-refractivity contribution in [1.82, 2.24) is 4.98 Å². The van der Waals surface area contributed by atoms with Crippen LogP contribution in [-0.4, -0.2) is 43.2 Å². The number of nitrogens with two attached hydrogens (primary N) is 1. The molecule has 2 heterocycles. The lowest BCUT2D eigenvalue weighted by molar-refractivity contribution is -0.116. The molecule has 2 aromatic rings. The van der Waals surface area contributed by atoms with Gasteiger partial charge in [-0.2, -0.15) is 0 Å². The zero-order valence-corrected chi connectivity index (χ0v) is 18.0. The molecular weight excluding hydrogens is 485 g/mol. The van der Waals surface area contributed by atoms with Gasteiger partial charge >= 0.3 is 6.09 Å². The molecule has 0 saturated carbocycles. The number of hydrogen-bond acceptors (Lipinski definition) is 7. The summed E-state index contributed by atoms with van der Waals surface area (Å²) in [4.78, 5) is 20.0. The van der Waals surface area contributed by atoms with Gasteiger partial charge in [-0.15, -0.1) is 0 Å². The van der Waals surface area contributed by atoms with Crippen molar-refractivity contribution in [3.05, 3.63) is 46.3 Å². The number of methoxy groups -OCH3 is 1. The van der Waals surface area contributed by atoms with Gasteiger partial charge in [0.25, 0.3) is 11.8 Å². The molecule has 3 N–H and O–H groups in total. The predicted molar refractivity (Wildman–Crippen MR) is 109 cm³/mol. The largest absolute Gasteiger partial charge is 0.491 e. The number of halogens is 4. The molecule has 0 spiro atoms. The third-order valence-corrected chi connectivity index (χ3v) is 4.98. The summed E-state index contributed by atoms with van der Waals surface area (Å²) in [5.41, 5.74) is 2.79. The highest BCUT2D eigenvalue weighted by Crippen LogP contribution is 2.44. The van der Waals surface area contributed by atoms with Crippen LogP contribution in [-0.2, 0) is 10.3 Å². The van der Waals surface area contributed by atoms with Crippen molar-refractivity contribution in [3.63, 3.8) is 0 Å². The molecule has 0 saturated heterocycles. The number of nitrogens with zero attached hydrogens (tertiary/aromatic N) is 2. The number of alkyl halides is 2. The molecular formula is C19H18BrF3N4O4. The molecule has 166 valence electrons. The van der Waals surface area contributed by atoms with Gasteiger partial charge in [-0.1, -0.05) is 0 Å². The third-order valence-electron chi connectivity index (χ3n) is 4.54. The fraction of sp³-hybridized carbons (Fsp3) is 0.316. The Morgan fingerprint density at radius 2 is 2.10 bits per heavy atom. The molecule has 1 aliphatic rings. The van der Waals surface area contributed by atoms with Crippen molar-refractivity contribution in [2.45, 2.75) is 18.4 Å². The minimum atomic E-state index is -3.57. The van der Waals surface area contributed by atoms with E-state index in [2.05, 4.69) is 31.2 Å². The highest BCUT2D eigenvalue weighted by molar-refractivity contribution is 9.10. The summed E-state index contributed by atoms with van der Waals surface area (Å²) in [6.07, 6.45) is 0.399. The molecule has 3 rings (SSSR count). The first kappa shape index (κ1) is 22.8. The molecule has 0 bridgehead atoms. The Bertz CT molecular complexity index is 1040. The number of amidine groups is 1. The number of nitrogens with one attached hydrogen (secondary N) is 1. The maximum atomic E-state index is 14.8. The number of aromatic nitrogens is 1. The van der Waals surface area contributed by atoms with Crippen LogP contribution in [0.1, 0.15) is 12.5 Å². The van der Waals surface area contributed by atoms with Crippen LogP contribution in [0.4, 0.5) is 23.7 Å². The Morgan fingerprint density at radius 3 is 2.81 bits per heavy atom. The lowest BCUT2D eigenvalue weighted by Crippen LogP contribution is -2.45. The number of aliphatic imine (C=N–C) groups is 1. The first-order valence-electron chi connectivity index (χ1n) is 8.84. The number of hydrogen-bond donors (Lipinski definition) is 2. The van der Waals surface area contributed by atoms with E-state index >= 15 is 0 Å². The number of carbonyl (C=O) groups excluding carboxylic acids is 1. The standard InChI is InChI=1S/C19H18BrF3N4O4/c1-18(19(22,23)9-30-8-15(24)27-18)12-6-11(3-4-13(12)21)26-17(28)31-16-14(29-2)5-10(20)7-25-16/h3-7H,8-9H2,1-2H3,(H2,24,27)(H,26,28). The predicted octanol–water partition coefficient (Wildman–Crippen LogP) is 3.84. The molecule has 0 radical (unpaired) electrons. The second kappa shape index (κ2) is 8.71. The van der Waals surface area contributed by atoms with Gasteiger partial charge < -0.3 is 19.9 Å². The highest BCUT2D eigenvalue weighted by Gasteiger charge is 2.54. The summed E-state index contributed by atoms with van der Waals surface area (Å²) in [6, 6.07) is 4.69. The normalized spacial score (nSPS) is 20.4. The molecule has 1 aromatic carbocycles. The summed E-state index contributed by atoms with van der Waals surface area (Å²) >= 11 is 3.21. The SMILES string of the molecule is COc1cc(Br)cnc1OC(=O)Nc1ccc(F)c(C2(C)N=C(N)COCC2(F)F)c1. The van der Waals surface area contributed by atoms with Gasteiger partial charge in [0.15, 0.2) is 11.3 Å². The Hall–Kier alpha value is -2.86. The van der Waals surface area contributed by atoms with Crippen molar-refractivity contribution >= 4 is 33.5 Å². The number of ether oxygens (including phenoxy) is 3. The second-order valence-electron chi connectivity index (χ2n) is 6.74. The Kier molecular flexibility index (Phi) is 6.41. The number of rotatable bonds is 4. The van der Waals surface area contributed by atoms with Crippen LogP contribution in [0.25, 0.3) is 0 Å². The summed E-state index contributed by atoms with van der Waals surface area (Å²) < 4.78 is 59.7. The van der Waals surface area contributed by atoms with Crippen molar-refractivity contribution < 1.29 is 32.2 Å². The van der Waals surface area contributed by atoms with E-state index in [-0.39, 0.29) is 29.8 Å². The van der Waals surface area contributed by atoms with Gasteiger partial charge in [-0.25, -0.2) is 22.9 Å². The van der Waals surface area contributed by atoms with Gasteiger partial charge in [-0.05, 0) is 41.1 Å². The molecule has 1 amide bonds. The minimum Gasteiger partial charge on any atom is -0.491 e. The smallest absolute Gasteiger partial charge is 0.418 e. The lowest BCUT2D eigenvalue weighted by Gasteiger charge is -2.33. The molecule has 0 fully saturated rings. The minimum absolute atomic E-state index is 0.00607. The summed E-state index contributed by atoms with van der Waals surface area (Å²) in [7, 11) is 1.37. The summed E-state index contributed by atoms with van der Waals surface area (Å²) in [5, 5.41) is 2.34. The molecule has 12 heteroatoms. The van der Waals surface area contributed by atoms with Gasteiger partial charge in [-0.3, -0.25) is 10.3 Å². The molecule has 1 aromatic heterocycles. The van der Waals surface area contributed by atoms with Gasteiger partial charge in [0, 0.05) is 28.0 Å². The average molecular weight is 503 g/mol. The molecule has 31 heavy (non-hydrogen) atoms. The molecule has 0 aliphatic carbocycles. The van der Waals surface area contributed by atoms with Crippen LogP contribution in [0.15, 0.2) is 39.9 Å². The molecule has 1 unspecified atom stereocenters. The number of pyridine rings is 1. The van der Waals surface area contributed by atoms with E-state index in [1.807, 2.05) is 0 Å². The van der Waals surface area contributed by atoms with E-state index in [0.717, 1.165) is 19.1 Å². The van der Waals surface area contributed by atoms with Crippen LogP contribution >= 0.6 is 15.9 Å². The van der Waals surface area contributed by atoms with E-state index in [1.165, 1.54) is 25.4 Å². The molecule has 1 atom stereocenters. The van der Waals surface area contributed by atoms with Crippen LogP contribution < -0.4 is 20.5 Å². The lowest BCUT2D eigenvalue weighted by atomic mass is 9.85. The van der Waals surface area contributed by atoms with Gasteiger partial charge in [0.2, 0.25) is 0 Å². The molecule has 1 aliphatic heterocycles. The summed E-state index contributed by atoms with van der Waals surface area (Å²) in [5.74, 6) is -4.66. The number of benzene rings is 1. The monoisotopic (exact) mass is 502 g/mol. The quantitative estimate of drug-likeness (QED) is 0.657. The zero-order valence-electron chi connectivity index (χ0n) is 16.4. The van der Waals surface area contributed by atoms with E-state index < -0.39 is 35.5 Å². The van der Waals surface area contributed by atoms with E-state index in [1.54, 1.807) is 0 Å². The summed E-state index contributed by atoms with van der Waals surface area (Å²) in [6.45, 7) is -0.257. The van der Waals surface area contributed by atoms with Crippen LogP contribution in [0.2, 0.25) is 0 Å². The van der Waals surface area contributed by atoms with E-state index in [0.29, 0.717) is 4.47 Å². The van der Waals surface area contributed by atoms with Crippen molar-refractivity contribution in [2.75, 3.05) is 25.6 Å². The maximum Gasteiger partial charge on any atom is 0.418 e. The van der Waals surface area contributed by atoms with Crippen LogP contribution in [0, 0.1) is 5.82 Å². The van der Waals surface area contributed by atoms with Gasteiger partial charge in [0.1, 0.15) is 24.9 Å². The first-order valence-corrected chi connectivity index (χ1v) is 9.63. The number of carbonyl (C=O) groups is 1. The van der Waals surface area contributed by atoms with Crippen molar-refractivity contribution in [3.8, 4) is 11.6 Å².